The van der Waals surface area contributed by atoms with Crippen LogP contribution < -0.4 is 21.3 Å². The summed E-state index contributed by atoms with van der Waals surface area (Å²) in [7, 11) is 2.96. The Morgan fingerprint density at radius 3 is 1.33 bits per heavy atom. The van der Waals surface area contributed by atoms with Crippen LogP contribution in [0.3, 0.4) is 0 Å². The van der Waals surface area contributed by atoms with E-state index in [-0.39, 0.29) is 47.6 Å². The number of carbonyl (C=O) groups is 8. The maximum absolute atomic E-state index is 14.8. The maximum Gasteiger partial charge on any atom is 0.410 e. The van der Waals surface area contributed by atoms with Gasteiger partial charge in [0.25, 0.3) is 0 Å². The number of carbonyl (C=O) groups excluding carboxylic acids is 8. The number of nitrogens with one attached hydrogen (secondary N) is 4. The van der Waals surface area contributed by atoms with E-state index in [1.807, 2.05) is 76.2 Å². The van der Waals surface area contributed by atoms with Crippen LogP contribution in [0.25, 0.3) is 0 Å². The SMILES string of the molecule is C[C@@H](C(=O)N[C@H]1CCS[C@H]2CC(C)(C)[C@@H](C(=O)N[C@H]3c4ccccc4C[C@H]3OCC#CC#CCO[C@@H]3Cc4ccccc4[C@@H]3NC(=O)[C@H]3N4C(=O)[C@@H](NC(=O)[C@H](C)N(C)C(=O)OC(C)(C)C)CCS[C@H]4CC3(C)C)N2C1=O)N(C)C(=O)OC(C)(C)C. The molecule has 4 N–H and O–H groups in total. The quantitative estimate of drug-likeness (QED) is 0.153. The summed E-state index contributed by atoms with van der Waals surface area (Å²) in [6.07, 6.45) is 0.616. The number of nitrogens with zero attached hydrogens (tertiary/aromatic N) is 4. The molecule has 4 heterocycles. The van der Waals surface area contributed by atoms with Crippen molar-refractivity contribution in [1.82, 2.24) is 40.9 Å². The Morgan fingerprint density at radius 1 is 0.605 bits per heavy atom. The third-order valence-corrected chi connectivity index (χ3v) is 19.5. The van der Waals surface area contributed by atoms with Gasteiger partial charge >= 0.3 is 12.2 Å². The van der Waals surface area contributed by atoms with Crippen molar-refractivity contribution in [3.8, 4) is 23.7 Å². The van der Waals surface area contributed by atoms with Crippen LogP contribution in [0.1, 0.15) is 143 Å². The van der Waals surface area contributed by atoms with Crippen LogP contribution in [0.5, 0.6) is 0 Å². The average molecular weight is 1220 g/mol. The van der Waals surface area contributed by atoms with Crippen molar-refractivity contribution in [1.29, 1.82) is 0 Å². The molecule has 4 saturated heterocycles. The van der Waals surface area contributed by atoms with Crippen LogP contribution in [0.4, 0.5) is 9.59 Å². The molecule has 466 valence electrons. The minimum Gasteiger partial charge on any atom is -0.444 e. The lowest BCUT2D eigenvalue weighted by Gasteiger charge is -2.35. The fraction of sp³-hybridized carbons (Fsp3) is 0.625. The highest BCUT2D eigenvalue weighted by Gasteiger charge is 2.57. The molecule has 0 unspecified atom stereocenters. The van der Waals surface area contributed by atoms with Crippen molar-refractivity contribution in [2.75, 3.05) is 38.8 Å². The third-order valence-electron chi connectivity index (χ3n) is 17.0. The van der Waals surface area contributed by atoms with E-state index < -0.39 is 107 Å². The molecule has 86 heavy (non-hydrogen) atoms. The second-order valence-corrected chi connectivity index (χ2v) is 29.2. The van der Waals surface area contributed by atoms with Gasteiger partial charge in [-0.25, -0.2) is 9.59 Å². The van der Waals surface area contributed by atoms with E-state index in [4.69, 9.17) is 18.9 Å². The standard InChI is InChI=1S/C64H86N8O12S2/c1-37(69(13)59(79)83-61(3,4)5)53(73)65-43-27-31-85-47-35-63(9,10)51(71(47)57(43)77)55(75)67-49-41-25-19-17-23-39(41)33-45(49)81-29-21-15-16-22-30-82-46-34-40-24-18-20-26-42(40)50(46)68-56(76)52-64(11,12)36-48-72(52)58(78)44(28-32-86-48)66-54(74)38(2)70(14)60(80)84-62(6,7)8/h17-20,23-26,37-38,43-52H,27-36H2,1-14H3,(H,65,73)(H,66,74)(H,67,75)(H,68,76)/t37-,38-,43-,44-,45+,46+,47-,48-,49-,50-,51+,52+/m0/s1. The number of benzene rings is 2. The molecule has 2 aromatic carbocycles. The Labute approximate surface area is 515 Å². The molecular formula is C64H86N8O12S2. The molecule has 8 amide bonds. The molecule has 0 radical (unpaired) electrons. The lowest BCUT2D eigenvalue weighted by Crippen LogP contribution is -2.58. The Hall–Kier alpha value is -6.46. The van der Waals surface area contributed by atoms with E-state index in [0.29, 0.717) is 50.0 Å². The van der Waals surface area contributed by atoms with Crippen molar-refractivity contribution in [2.24, 2.45) is 10.8 Å². The Balaban J connectivity index is 0.878. The van der Waals surface area contributed by atoms with Crippen molar-refractivity contribution in [3.63, 3.8) is 0 Å². The number of thioether (sulfide) groups is 2. The van der Waals surface area contributed by atoms with Gasteiger partial charge in [0.15, 0.2) is 0 Å². The first-order chi connectivity index (χ1) is 40.4. The molecule has 0 saturated carbocycles. The van der Waals surface area contributed by atoms with Crippen molar-refractivity contribution in [3.05, 3.63) is 70.8 Å². The number of hydrogen-bond acceptors (Lipinski definition) is 14. The summed E-state index contributed by atoms with van der Waals surface area (Å²) in [5.74, 6) is 10.5. The molecule has 20 nitrogen and oxygen atoms in total. The van der Waals surface area contributed by atoms with Gasteiger partial charge in [0.2, 0.25) is 35.4 Å². The molecule has 2 aromatic rings. The van der Waals surface area contributed by atoms with E-state index in [9.17, 15) is 38.4 Å². The number of likely N-dealkylation sites (N-methyl/N-ethyl adjacent to an activating group) is 2. The van der Waals surface area contributed by atoms with E-state index in [0.717, 1.165) is 22.3 Å². The van der Waals surface area contributed by atoms with Gasteiger partial charge in [-0.1, -0.05) is 88.1 Å². The molecule has 0 bridgehead atoms. The Kier molecular flexibility index (Phi) is 20.2. The van der Waals surface area contributed by atoms with Gasteiger partial charge in [-0.05, 0) is 138 Å². The van der Waals surface area contributed by atoms with E-state index >= 15 is 0 Å². The van der Waals surface area contributed by atoms with Gasteiger partial charge in [0.05, 0.1) is 35.0 Å². The van der Waals surface area contributed by atoms with Gasteiger partial charge in [-0.3, -0.25) is 38.6 Å². The lowest BCUT2D eigenvalue weighted by molar-refractivity contribution is -0.144. The molecule has 4 fully saturated rings. The van der Waals surface area contributed by atoms with Crippen LogP contribution in [-0.2, 0) is 60.6 Å². The largest absolute Gasteiger partial charge is 0.444 e. The Bertz CT molecular complexity index is 2860. The predicted octanol–water partition coefficient (Wildman–Crippen LogP) is 6.25. The van der Waals surface area contributed by atoms with Crippen LogP contribution in [0.15, 0.2) is 48.5 Å². The molecule has 22 heteroatoms. The zero-order valence-electron chi connectivity index (χ0n) is 52.1. The third kappa shape index (κ3) is 14.9. The second-order valence-electron chi connectivity index (χ2n) is 26.6. The summed E-state index contributed by atoms with van der Waals surface area (Å²) in [4.78, 5) is 117. The minimum absolute atomic E-state index is 0.0157. The smallest absolute Gasteiger partial charge is 0.410 e. The van der Waals surface area contributed by atoms with Crippen LogP contribution in [0.2, 0.25) is 0 Å². The van der Waals surface area contributed by atoms with Crippen molar-refractivity contribution < 1.29 is 57.3 Å². The summed E-state index contributed by atoms with van der Waals surface area (Å²) < 4.78 is 23.7. The van der Waals surface area contributed by atoms with Gasteiger partial charge in [-0.15, -0.1) is 23.5 Å². The fourth-order valence-electron chi connectivity index (χ4n) is 12.3. The topological polar surface area (TPSA) is 235 Å². The van der Waals surface area contributed by atoms with Crippen LogP contribution >= 0.6 is 23.5 Å². The summed E-state index contributed by atoms with van der Waals surface area (Å²) in [6, 6.07) is 9.19. The summed E-state index contributed by atoms with van der Waals surface area (Å²) in [5, 5.41) is 11.8. The van der Waals surface area contributed by atoms with E-state index in [1.165, 1.54) is 23.9 Å². The van der Waals surface area contributed by atoms with Crippen molar-refractivity contribution >= 4 is 71.2 Å². The first-order valence-electron chi connectivity index (χ1n) is 29.7. The number of amides is 8. The number of fused-ring (bicyclic) bond motifs is 4. The molecule has 6 aliphatic rings. The summed E-state index contributed by atoms with van der Waals surface area (Å²) >= 11 is 3.19. The first kappa shape index (κ1) is 65.5. The summed E-state index contributed by atoms with van der Waals surface area (Å²) in [5.41, 5.74) is 1.11. The van der Waals surface area contributed by atoms with Gasteiger partial charge in [0.1, 0.15) is 60.7 Å². The molecule has 12 atom stereocenters. The zero-order valence-corrected chi connectivity index (χ0v) is 53.8. The highest BCUT2D eigenvalue weighted by molar-refractivity contribution is 8.00. The van der Waals surface area contributed by atoms with Crippen molar-refractivity contribution in [2.45, 2.75) is 204 Å². The number of hydrogen-bond donors (Lipinski definition) is 4. The van der Waals surface area contributed by atoms with Gasteiger partial charge < -0.3 is 50.0 Å². The molecule has 2 aliphatic carbocycles. The average Bonchev–Trinajstić information content (AvgIpc) is 1.70. The van der Waals surface area contributed by atoms with Crippen LogP contribution in [-0.4, -0.2) is 176 Å². The minimum atomic E-state index is -0.929. The zero-order chi connectivity index (χ0) is 62.8. The molecular weight excluding hydrogens is 1140 g/mol. The Morgan fingerprint density at radius 2 is 0.965 bits per heavy atom. The number of rotatable bonds is 14. The summed E-state index contributed by atoms with van der Waals surface area (Å²) in [6.45, 7) is 21.6. The molecule has 0 aromatic heterocycles. The molecule has 8 rings (SSSR count). The maximum atomic E-state index is 14.8. The van der Waals surface area contributed by atoms with Gasteiger partial charge in [0, 0.05) is 26.9 Å². The molecule has 4 aliphatic heterocycles. The van der Waals surface area contributed by atoms with E-state index in [1.54, 1.807) is 88.7 Å². The molecule has 0 spiro atoms. The first-order valence-corrected chi connectivity index (χ1v) is 31.8. The normalized spacial score (nSPS) is 26.9. The van der Waals surface area contributed by atoms with Gasteiger partial charge in [-0.2, -0.15) is 0 Å². The highest BCUT2D eigenvalue weighted by Crippen LogP contribution is 2.49. The predicted molar refractivity (Wildman–Crippen MR) is 328 cm³/mol. The fourth-order valence-corrected chi connectivity index (χ4v) is 15.5. The lowest BCUT2D eigenvalue weighted by atomic mass is 9.83. The second kappa shape index (κ2) is 26.5. The number of ether oxygens (including phenoxy) is 4. The highest BCUT2D eigenvalue weighted by atomic mass is 32.2. The monoisotopic (exact) mass is 1220 g/mol. The van der Waals surface area contributed by atoms with E-state index in [2.05, 4.69) is 44.9 Å². The van der Waals surface area contributed by atoms with Crippen LogP contribution in [0, 0.1) is 34.5 Å².